The first-order valence-corrected chi connectivity index (χ1v) is 8.35. The Kier molecular flexibility index (Phi) is 4.12. The largest absolute Gasteiger partial charge is 0.354 e. The van der Waals surface area contributed by atoms with E-state index in [0.29, 0.717) is 11.3 Å². The Hall–Kier alpha value is -1.84. The summed E-state index contributed by atoms with van der Waals surface area (Å²) >= 11 is 3.31. The molecule has 0 radical (unpaired) electrons. The molecule has 0 saturated carbocycles. The van der Waals surface area contributed by atoms with E-state index in [-0.39, 0.29) is 4.90 Å². The van der Waals surface area contributed by atoms with Crippen molar-refractivity contribution in [2.45, 2.75) is 4.90 Å². The van der Waals surface area contributed by atoms with Crippen molar-refractivity contribution in [2.24, 2.45) is 0 Å². The molecule has 0 heterocycles. The Morgan fingerprint density at radius 2 is 1.80 bits per heavy atom. The SMILES string of the molecule is CS(=O)(=O)c1ccc(Nc2ccc(Br)cc2C#N)cc1. The molecule has 0 aliphatic rings. The number of hydrogen-bond acceptors (Lipinski definition) is 4. The van der Waals surface area contributed by atoms with Gasteiger partial charge in [-0.05, 0) is 42.5 Å². The third kappa shape index (κ3) is 3.38. The Bertz CT molecular complexity index is 778. The summed E-state index contributed by atoms with van der Waals surface area (Å²) in [5.74, 6) is 0. The highest BCUT2D eigenvalue weighted by Gasteiger charge is 2.07. The molecule has 0 aromatic heterocycles. The van der Waals surface area contributed by atoms with Crippen LogP contribution < -0.4 is 5.32 Å². The van der Waals surface area contributed by atoms with Gasteiger partial charge in [-0.25, -0.2) is 8.42 Å². The van der Waals surface area contributed by atoms with E-state index in [0.717, 1.165) is 16.4 Å². The Morgan fingerprint density at radius 1 is 1.15 bits per heavy atom. The van der Waals surface area contributed by atoms with E-state index >= 15 is 0 Å². The van der Waals surface area contributed by atoms with Crippen LogP contribution in [0.5, 0.6) is 0 Å². The zero-order chi connectivity index (χ0) is 14.8. The van der Waals surface area contributed by atoms with E-state index in [1.807, 2.05) is 6.07 Å². The van der Waals surface area contributed by atoms with Gasteiger partial charge in [-0.15, -0.1) is 0 Å². The molecular weight excluding hydrogens is 340 g/mol. The van der Waals surface area contributed by atoms with Gasteiger partial charge in [0.2, 0.25) is 0 Å². The van der Waals surface area contributed by atoms with Crippen LogP contribution in [0.2, 0.25) is 0 Å². The number of benzene rings is 2. The molecule has 0 atom stereocenters. The molecule has 0 bridgehead atoms. The van der Waals surface area contributed by atoms with Crippen molar-refractivity contribution in [1.29, 1.82) is 5.26 Å². The van der Waals surface area contributed by atoms with E-state index in [4.69, 9.17) is 5.26 Å². The van der Waals surface area contributed by atoms with Crippen LogP contribution in [0.1, 0.15) is 5.56 Å². The average molecular weight is 351 g/mol. The maximum atomic E-state index is 11.4. The van der Waals surface area contributed by atoms with E-state index in [9.17, 15) is 8.42 Å². The standard InChI is InChI=1S/C14H11BrN2O2S/c1-20(18,19)13-5-3-12(4-6-13)17-14-7-2-11(15)8-10(14)9-16/h2-8,17H,1H3. The van der Waals surface area contributed by atoms with E-state index in [1.165, 1.54) is 12.1 Å². The number of nitriles is 1. The van der Waals surface area contributed by atoms with Crippen LogP contribution in [0.15, 0.2) is 51.8 Å². The summed E-state index contributed by atoms with van der Waals surface area (Å²) in [7, 11) is -3.20. The van der Waals surface area contributed by atoms with Crippen molar-refractivity contribution in [3.05, 3.63) is 52.5 Å². The van der Waals surface area contributed by atoms with Crippen molar-refractivity contribution >= 4 is 37.1 Å². The minimum atomic E-state index is -3.20. The molecule has 0 aliphatic carbocycles. The van der Waals surface area contributed by atoms with Crippen molar-refractivity contribution in [2.75, 3.05) is 11.6 Å². The van der Waals surface area contributed by atoms with Gasteiger partial charge < -0.3 is 5.32 Å². The number of nitrogens with one attached hydrogen (secondary N) is 1. The first kappa shape index (κ1) is 14.6. The van der Waals surface area contributed by atoms with Gasteiger partial charge in [0.25, 0.3) is 0 Å². The van der Waals surface area contributed by atoms with Gasteiger partial charge in [0.05, 0.1) is 16.1 Å². The molecule has 0 spiro atoms. The van der Waals surface area contributed by atoms with Crippen molar-refractivity contribution < 1.29 is 8.42 Å². The van der Waals surface area contributed by atoms with Crippen LogP contribution in [0.4, 0.5) is 11.4 Å². The van der Waals surface area contributed by atoms with Crippen LogP contribution >= 0.6 is 15.9 Å². The minimum absolute atomic E-state index is 0.263. The van der Waals surface area contributed by atoms with Gasteiger partial charge in [-0.2, -0.15) is 5.26 Å². The van der Waals surface area contributed by atoms with Crippen LogP contribution in [0.3, 0.4) is 0 Å². The highest BCUT2D eigenvalue weighted by Crippen LogP contribution is 2.24. The van der Waals surface area contributed by atoms with Crippen LogP contribution in [0, 0.1) is 11.3 Å². The molecular formula is C14H11BrN2O2S. The molecule has 102 valence electrons. The third-order valence-corrected chi connectivity index (χ3v) is 4.29. The molecule has 1 N–H and O–H groups in total. The van der Waals surface area contributed by atoms with Gasteiger partial charge in [0.15, 0.2) is 9.84 Å². The highest BCUT2D eigenvalue weighted by atomic mass is 79.9. The Morgan fingerprint density at radius 3 is 2.35 bits per heavy atom. The van der Waals surface area contributed by atoms with Crippen molar-refractivity contribution in [3.63, 3.8) is 0 Å². The molecule has 20 heavy (non-hydrogen) atoms. The smallest absolute Gasteiger partial charge is 0.175 e. The first-order chi connectivity index (χ1) is 9.40. The van der Waals surface area contributed by atoms with Gasteiger partial charge >= 0.3 is 0 Å². The van der Waals surface area contributed by atoms with Gasteiger partial charge in [0, 0.05) is 16.4 Å². The second-order valence-corrected chi connectivity index (χ2v) is 7.15. The normalized spacial score (nSPS) is 10.8. The average Bonchev–Trinajstić information content (AvgIpc) is 2.40. The molecule has 0 unspecified atom stereocenters. The first-order valence-electron chi connectivity index (χ1n) is 5.67. The molecule has 0 saturated heterocycles. The van der Waals surface area contributed by atoms with Crippen LogP contribution in [-0.4, -0.2) is 14.7 Å². The summed E-state index contributed by atoms with van der Waals surface area (Å²) in [6.45, 7) is 0. The fourth-order valence-corrected chi connectivity index (χ4v) is 2.65. The fourth-order valence-electron chi connectivity index (χ4n) is 1.66. The third-order valence-electron chi connectivity index (χ3n) is 2.66. The lowest BCUT2D eigenvalue weighted by molar-refractivity contribution is 0.602. The summed E-state index contributed by atoms with van der Waals surface area (Å²) < 4.78 is 23.6. The molecule has 0 fully saturated rings. The minimum Gasteiger partial charge on any atom is -0.354 e. The highest BCUT2D eigenvalue weighted by molar-refractivity contribution is 9.10. The summed E-state index contributed by atoms with van der Waals surface area (Å²) in [5.41, 5.74) is 1.89. The van der Waals surface area contributed by atoms with Gasteiger partial charge in [0.1, 0.15) is 6.07 Å². The molecule has 6 heteroatoms. The number of sulfone groups is 1. The number of anilines is 2. The summed E-state index contributed by atoms with van der Waals surface area (Å²) in [6, 6.07) is 13.8. The Labute approximate surface area is 126 Å². The lowest BCUT2D eigenvalue weighted by Crippen LogP contribution is -1.98. The lowest BCUT2D eigenvalue weighted by Gasteiger charge is -2.09. The summed E-state index contributed by atoms with van der Waals surface area (Å²) in [5, 5.41) is 12.2. The Balaban J connectivity index is 2.30. The molecule has 4 nitrogen and oxygen atoms in total. The maximum absolute atomic E-state index is 11.4. The fraction of sp³-hybridized carbons (Fsp3) is 0.0714. The quantitative estimate of drug-likeness (QED) is 0.919. The molecule has 2 rings (SSSR count). The monoisotopic (exact) mass is 350 g/mol. The number of rotatable bonds is 3. The maximum Gasteiger partial charge on any atom is 0.175 e. The number of nitrogens with zero attached hydrogens (tertiary/aromatic N) is 1. The lowest BCUT2D eigenvalue weighted by atomic mass is 10.2. The predicted octanol–water partition coefficient (Wildman–Crippen LogP) is 3.47. The van der Waals surface area contributed by atoms with Gasteiger partial charge in [-0.3, -0.25) is 0 Å². The summed E-state index contributed by atoms with van der Waals surface area (Å²) in [4.78, 5) is 0.263. The van der Waals surface area contributed by atoms with E-state index < -0.39 is 9.84 Å². The van der Waals surface area contributed by atoms with Gasteiger partial charge in [-0.1, -0.05) is 15.9 Å². The molecule has 2 aromatic rings. The topological polar surface area (TPSA) is 70.0 Å². The molecule has 0 amide bonds. The number of hydrogen-bond donors (Lipinski definition) is 1. The molecule has 2 aromatic carbocycles. The zero-order valence-corrected chi connectivity index (χ0v) is 13.0. The second kappa shape index (κ2) is 5.65. The molecule has 0 aliphatic heterocycles. The van der Waals surface area contributed by atoms with Crippen molar-refractivity contribution in [1.82, 2.24) is 0 Å². The van der Waals surface area contributed by atoms with Crippen LogP contribution in [0.25, 0.3) is 0 Å². The van der Waals surface area contributed by atoms with E-state index in [1.54, 1.807) is 24.3 Å². The predicted molar refractivity (Wildman–Crippen MR) is 81.7 cm³/mol. The van der Waals surface area contributed by atoms with Crippen LogP contribution in [-0.2, 0) is 9.84 Å². The second-order valence-electron chi connectivity index (χ2n) is 4.22. The van der Waals surface area contributed by atoms with E-state index in [2.05, 4.69) is 27.3 Å². The number of halogens is 1. The summed E-state index contributed by atoms with van der Waals surface area (Å²) in [6.07, 6.45) is 1.16. The van der Waals surface area contributed by atoms with Crippen molar-refractivity contribution in [3.8, 4) is 6.07 Å². The zero-order valence-electron chi connectivity index (χ0n) is 10.6.